The lowest BCUT2D eigenvalue weighted by Crippen LogP contribution is -2.28. The van der Waals surface area contributed by atoms with Crippen LogP contribution >= 0.6 is 0 Å². The van der Waals surface area contributed by atoms with Gasteiger partial charge in [-0.25, -0.2) is 10.5 Å². The molecule has 0 radical (unpaired) electrons. The van der Waals surface area contributed by atoms with Gasteiger partial charge in [0.25, 0.3) is 5.91 Å². The number of hydrogen-bond donors (Lipinski definition) is 5. The van der Waals surface area contributed by atoms with Crippen molar-refractivity contribution in [3.63, 3.8) is 0 Å². The number of anilines is 3. The Kier molecular flexibility index (Phi) is 6.35. The first-order valence-corrected chi connectivity index (χ1v) is 8.89. The number of carbonyl (C=O) groups is 1. The number of nitrogens with zero attached hydrogens (tertiary/aromatic N) is 2. The third-order valence-electron chi connectivity index (χ3n) is 4.41. The fourth-order valence-corrected chi connectivity index (χ4v) is 2.94. The largest absolute Gasteiger partial charge is 0.393 e. The van der Waals surface area contributed by atoms with E-state index >= 15 is 0 Å². The number of amides is 1. The third-order valence-corrected chi connectivity index (χ3v) is 4.41. The molecule has 1 heterocycles. The van der Waals surface area contributed by atoms with Gasteiger partial charge < -0.3 is 15.7 Å². The molecule has 0 saturated heterocycles. The molecule has 1 aliphatic carbocycles. The van der Waals surface area contributed by atoms with Crippen LogP contribution in [0.25, 0.3) is 6.08 Å². The molecule has 1 aliphatic rings. The molecule has 1 fully saturated rings. The molecule has 0 aliphatic heterocycles. The Morgan fingerprint density at radius 1 is 1.11 bits per heavy atom. The Labute approximate surface area is 157 Å². The molecule has 8 heteroatoms. The summed E-state index contributed by atoms with van der Waals surface area (Å²) in [7, 11) is 0. The second-order valence-electron chi connectivity index (χ2n) is 6.47. The van der Waals surface area contributed by atoms with Gasteiger partial charge >= 0.3 is 0 Å². The van der Waals surface area contributed by atoms with E-state index in [0.29, 0.717) is 12.0 Å². The van der Waals surface area contributed by atoms with Crippen molar-refractivity contribution < 1.29 is 15.1 Å². The Morgan fingerprint density at radius 3 is 2.56 bits per heavy atom. The van der Waals surface area contributed by atoms with E-state index < -0.39 is 5.91 Å². The van der Waals surface area contributed by atoms with Gasteiger partial charge in [0, 0.05) is 24.0 Å². The van der Waals surface area contributed by atoms with Crippen molar-refractivity contribution >= 4 is 29.4 Å². The van der Waals surface area contributed by atoms with Crippen LogP contribution in [0.3, 0.4) is 0 Å². The molecule has 8 nitrogen and oxygen atoms in total. The van der Waals surface area contributed by atoms with E-state index in [1.807, 2.05) is 30.3 Å². The first-order valence-electron chi connectivity index (χ1n) is 8.89. The summed E-state index contributed by atoms with van der Waals surface area (Å²) in [4.78, 5) is 19.7. The van der Waals surface area contributed by atoms with Gasteiger partial charge in [0.2, 0.25) is 5.95 Å². The fourth-order valence-electron chi connectivity index (χ4n) is 2.94. The SMILES string of the molecule is O=C(/C=C/c1ccc(Nc2nccc(N[C@H]3CC[C@H](O)CC3)n2)cc1)NO. The summed E-state index contributed by atoms with van der Waals surface area (Å²) in [6.07, 6.45) is 7.83. The summed E-state index contributed by atoms with van der Waals surface area (Å²) < 4.78 is 0. The number of hydrogen-bond acceptors (Lipinski definition) is 7. The lowest BCUT2D eigenvalue weighted by Gasteiger charge is -2.26. The molecule has 0 unspecified atom stereocenters. The fraction of sp³-hybridized carbons (Fsp3) is 0.316. The van der Waals surface area contributed by atoms with E-state index in [9.17, 15) is 9.90 Å². The maximum Gasteiger partial charge on any atom is 0.267 e. The van der Waals surface area contributed by atoms with Crippen LogP contribution in [0.5, 0.6) is 0 Å². The molecule has 1 saturated carbocycles. The highest BCUT2D eigenvalue weighted by atomic mass is 16.5. The highest BCUT2D eigenvalue weighted by Gasteiger charge is 2.19. The summed E-state index contributed by atoms with van der Waals surface area (Å²) in [6, 6.07) is 9.51. The number of aliphatic hydroxyl groups is 1. The molecule has 2 aromatic rings. The van der Waals surface area contributed by atoms with E-state index in [4.69, 9.17) is 5.21 Å². The van der Waals surface area contributed by atoms with Crippen molar-refractivity contribution in [3.8, 4) is 0 Å². The minimum Gasteiger partial charge on any atom is -0.393 e. The van der Waals surface area contributed by atoms with Crippen LogP contribution in [0.2, 0.25) is 0 Å². The van der Waals surface area contributed by atoms with Crippen LogP contribution in [0.4, 0.5) is 17.5 Å². The standard InChI is InChI=1S/C19H23N5O3/c25-16-8-6-14(7-9-16)21-17-11-12-20-19(23-17)22-15-4-1-13(2-5-15)3-10-18(26)24-27/h1-5,10-12,14,16,25,27H,6-9H2,(H,24,26)(H2,20,21,22,23)/b10-3+/t14-,16-. The molecule has 27 heavy (non-hydrogen) atoms. The van der Waals surface area contributed by atoms with E-state index in [-0.39, 0.29) is 6.10 Å². The van der Waals surface area contributed by atoms with E-state index in [1.54, 1.807) is 17.8 Å². The molecule has 0 spiro atoms. The molecule has 1 aromatic heterocycles. The molecule has 142 valence electrons. The van der Waals surface area contributed by atoms with Crippen molar-refractivity contribution in [2.75, 3.05) is 10.6 Å². The summed E-state index contributed by atoms with van der Waals surface area (Å²) >= 11 is 0. The number of nitrogens with one attached hydrogen (secondary N) is 3. The monoisotopic (exact) mass is 369 g/mol. The first-order chi connectivity index (χ1) is 13.1. The molecular weight excluding hydrogens is 346 g/mol. The second-order valence-corrected chi connectivity index (χ2v) is 6.47. The number of rotatable bonds is 6. The van der Waals surface area contributed by atoms with Crippen molar-refractivity contribution in [3.05, 3.63) is 48.2 Å². The summed E-state index contributed by atoms with van der Waals surface area (Å²) in [5.41, 5.74) is 3.18. The number of aromatic nitrogens is 2. The van der Waals surface area contributed by atoms with Crippen LogP contribution in [0.1, 0.15) is 31.2 Å². The van der Waals surface area contributed by atoms with Gasteiger partial charge in [-0.15, -0.1) is 0 Å². The average Bonchev–Trinajstić information content (AvgIpc) is 2.69. The second kappa shape index (κ2) is 9.11. The number of carbonyl (C=O) groups excluding carboxylic acids is 1. The van der Waals surface area contributed by atoms with E-state index in [2.05, 4.69) is 20.6 Å². The van der Waals surface area contributed by atoms with Gasteiger partial charge in [0.1, 0.15) is 5.82 Å². The summed E-state index contributed by atoms with van der Waals surface area (Å²) in [5.74, 6) is 0.657. The first kappa shape index (κ1) is 18.8. The zero-order valence-corrected chi connectivity index (χ0v) is 14.8. The number of hydroxylamine groups is 1. The Bertz CT molecular complexity index is 786. The van der Waals surface area contributed by atoms with Crippen LogP contribution in [-0.2, 0) is 4.79 Å². The zero-order chi connectivity index (χ0) is 19.1. The molecule has 5 N–H and O–H groups in total. The number of benzene rings is 1. The molecule has 1 aromatic carbocycles. The maximum atomic E-state index is 11.0. The van der Waals surface area contributed by atoms with E-state index in [0.717, 1.165) is 42.8 Å². The molecule has 0 bridgehead atoms. The van der Waals surface area contributed by atoms with Crippen LogP contribution in [-0.4, -0.2) is 38.3 Å². The summed E-state index contributed by atoms with van der Waals surface area (Å²) in [6.45, 7) is 0. The van der Waals surface area contributed by atoms with Gasteiger partial charge in [-0.1, -0.05) is 12.1 Å². The van der Waals surface area contributed by atoms with Crippen molar-refractivity contribution in [1.82, 2.24) is 15.4 Å². The van der Waals surface area contributed by atoms with Gasteiger partial charge in [-0.3, -0.25) is 10.0 Å². The zero-order valence-electron chi connectivity index (χ0n) is 14.8. The lowest BCUT2D eigenvalue weighted by molar-refractivity contribution is -0.124. The van der Waals surface area contributed by atoms with Crippen molar-refractivity contribution in [2.24, 2.45) is 0 Å². The van der Waals surface area contributed by atoms with Gasteiger partial charge in [0.05, 0.1) is 6.10 Å². The highest BCUT2D eigenvalue weighted by Crippen LogP contribution is 2.22. The Hall–Kier alpha value is -2.97. The average molecular weight is 369 g/mol. The van der Waals surface area contributed by atoms with Crippen LogP contribution < -0.4 is 16.1 Å². The lowest BCUT2D eigenvalue weighted by atomic mass is 9.93. The highest BCUT2D eigenvalue weighted by molar-refractivity contribution is 5.90. The smallest absolute Gasteiger partial charge is 0.267 e. The minimum atomic E-state index is -0.581. The van der Waals surface area contributed by atoms with Crippen molar-refractivity contribution in [1.29, 1.82) is 0 Å². The minimum absolute atomic E-state index is 0.179. The Balaban J connectivity index is 1.59. The van der Waals surface area contributed by atoms with Gasteiger partial charge in [0.15, 0.2) is 0 Å². The van der Waals surface area contributed by atoms with Crippen molar-refractivity contribution in [2.45, 2.75) is 37.8 Å². The summed E-state index contributed by atoms with van der Waals surface area (Å²) in [5, 5.41) is 24.6. The van der Waals surface area contributed by atoms with Gasteiger partial charge in [-0.05, 0) is 55.5 Å². The predicted octanol–water partition coefficient (Wildman–Crippen LogP) is 2.45. The predicted molar refractivity (Wildman–Crippen MR) is 103 cm³/mol. The van der Waals surface area contributed by atoms with E-state index in [1.165, 1.54) is 6.08 Å². The normalized spacial score (nSPS) is 19.6. The maximum absolute atomic E-state index is 11.0. The quantitative estimate of drug-likeness (QED) is 0.301. The van der Waals surface area contributed by atoms with Crippen LogP contribution in [0.15, 0.2) is 42.6 Å². The molecule has 0 atom stereocenters. The van der Waals surface area contributed by atoms with Gasteiger partial charge in [-0.2, -0.15) is 4.98 Å². The molecule has 3 rings (SSSR count). The third kappa shape index (κ3) is 5.77. The van der Waals surface area contributed by atoms with Crippen LogP contribution in [0, 0.1) is 0 Å². The molecular formula is C19H23N5O3. The number of aliphatic hydroxyl groups excluding tert-OH is 1. The Morgan fingerprint density at radius 2 is 1.85 bits per heavy atom. The topological polar surface area (TPSA) is 119 Å². The molecule has 1 amide bonds.